The van der Waals surface area contributed by atoms with Crippen molar-refractivity contribution >= 4 is 23.4 Å². The van der Waals surface area contributed by atoms with Gasteiger partial charge in [-0.3, -0.25) is 9.36 Å². The van der Waals surface area contributed by atoms with Crippen LogP contribution in [-0.4, -0.2) is 29.9 Å². The van der Waals surface area contributed by atoms with Crippen molar-refractivity contribution in [2.24, 2.45) is 4.99 Å². The molecule has 36 heavy (non-hydrogen) atoms. The lowest BCUT2D eigenvalue weighted by Crippen LogP contribution is -2.40. The number of rotatable bonds is 7. The predicted molar refractivity (Wildman–Crippen MR) is 140 cm³/mol. The summed E-state index contributed by atoms with van der Waals surface area (Å²) in [5.74, 6) is 0.970. The van der Waals surface area contributed by atoms with E-state index in [1.54, 1.807) is 32.4 Å². The summed E-state index contributed by atoms with van der Waals surface area (Å²) in [4.78, 5) is 32.0. The Morgan fingerprint density at radius 3 is 2.22 bits per heavy atom. The largest absolute Gasteiger partial charge is 0.497 e. The van der Waals surface area contributed by atoms with E-state index in [4.69, 9.17) is 14.2 Å². The van der Waals surface area contributed by atoms with E-state index >= 15 is 0 Å². The standard InChI is InChI=1S/C28H30N2O5S/c1-16(2)34-22-11-7-19(8-12-22)15-23-26(31)30-25(20-9-13-21(33-6)14-10-20)24(27(32)35-17(3)4)18(5)29-28(30)36-23/h7-17,25H,1-6H3/b23-15-/t25-/m1/s1. The summed E-state index contributed by atoms with van der Waals surface area (Å²) in [5, 5.41) is 0. The Kier molecular flexibility index (Phi) is 7.45. The van der Waals surface area contributed by atoms with Crippen LogP contribution in [0.1, 0.15) is 51.8 Å². The minimum atomic E-state index is -0.664. The van der Waals surface area contributed by atoms with E-state index in [0.717, 1.165) is 16.9 Å². The van der Waals surface area contributed by atoms with Gasteiger partial charge in [-0.25, -0.2) is 9.79 Å². The van der Waals surface area contributed by atoms with E-state index in [1.165, 1.54) is 11.3 Å². The summed E-state index contributed by atoms with van der Waals surface area (Å²) in [6.07, 6.45) is 1.61. The Hall–Kier alpha value is -3.65. The van der Waals surface area contributed by atoms with Gasteiger partial charge in [-0.2, -0.15) is 0 Å². The van der Waals surface area contributed by atoms with Gasteiger partial charge in [-0.05, 0) is 76.1 Å². The molecule has 3 aromatic rings. The highest BCUT2D eigenvalue weighted by atomic mass is 32.1. The van der Waals surface area contributed by atoms with Crippen LogP contribution in [0.25, 0.3) is 6.08 Å². The Morgan fingerprint density at radius 1 is 1.00 bits per heavy atom. The SMILES string of the molecule is COc1ccc([C@@H]2C(C(=O)OC(C)C)=C(C)N=c3s/c(=C\c4ccc(OC(C)C)cc4)c(=O)n32)cc1. The topological polar surface area (TPSA) is 79.1 Å². The highest BCUT2D eigenvalue weighted by molar-refractivity contribution is 7.07. The molecule has 188 valence electrons. The quantitative estimate of drug-likeness (QED) is 0.453. The van der Waals surface area contributed by atoms with E-state index in [0.29, 0.717) is 26.4 Å². The van der Waals surface area contributed by atoms with Crippen molar-refractivity contribution in [1.29, 1.82) is 0 Å². The number of methoxy groups -OCH3 is 1. The fourth-order valence-electron chi connectivity index (χ4n) is 4.03. The summed E-state index contributed by atoms with van der Waals surface area (Å²) in [6.45, 7) is 9.31. The molecule has 0 saturated carbocycles. The molecule has 0 N–H and O–H groups in total. The first-order chi connectivity index (χ1) is 17.2. The molecule has 1 aliphatic heterocycles. The lowest BCUT2D eigenvalue weighted by Gasteiger charge is -2.25. The number of carbonyl (C=O) groups is 1. The van der Waals surface area contributed by atoms with Gasteiger partial charge in [0.05, 0.1) is 41.2 Å². The van der Waals surface area contributed by atoms with Gasteiger partial charge in [0.15, 0.2) is 4.80 Å². The number of nitrogens with zero attached hydrogens (tertiary/aromatic N) is 2. The highest BCUT2D eigenvalue weighted by Gasteiger charge is 2.33. The van der Waals surface area contributed by atoms with Gasteiger partial charge < -0.3 is 14.2 Å². The molecular formula is C28H30N2O5S. The van der Waals surface area contributed by atoms with Crippen LogP contribution in [0.2, 0.25) is 0 Å². The second-order valence-corrected chi connectivity index (χ2v) is 10.1. The molecule has 2 heterocycles. The van der Waals surface area contributed by atoms with Gasteiger partial charge in [-0.1, -0.05) is 35.6 Å². The Labute approximate surface area is 214 Å². The van der Waals surface area contributed by atoms with Crippen LogP contribution < -0.4 is 24.4 Å². The molecule has 0 saturated heterocycles. The molecule has 0 spiro atoms. The zero-order valence-electron chi connectivity index (χ0n) is 21.3. The van der Waals surface area contributed by atoms with Gasteiger partial charge in [0.1, 0.15) is 11.5 Å². The van der Waals surface area contributed by atoms with Crippen LogP contribution in [-0.2, 0) is 9.53 Å². The summed E-state index contributed by atoms with van der Waals surface area (Å²) >= 11 is 1.30. The number of aromatic nitrogens is 1. The number of allylic oxidation sites excluding steroid dienone is 1. The molecule has 0 radical (unpaired) electrons. The summed E-state index contributed by atoms with van der Waals surface area (Å²) < 4.78 is 18.7. The van der Waals surface area contributed by atoms with Crippen LogP contribution in [0, 0.1) is 0 Å². The number of hydrogen-bond acceptors (Lipinski definition) is 7. The number of thiazole rings is 1. The molecule has 1 aromatic heterocycles. The molecule has 0 fully saturated rings. The van der Waals surface area contributed by atoms with Crippen LogP contribution in [0.4, 0.5) is 0 Å². The fraction of sp³-hybridized carbons (Fsp3) is 0.321. The third-order valence-corrected chi connectivity index (χ3v) is 6.55. The van der Waals surface area contributed by atoms with Crippen LogP contribution in [0.5, 0.6) is 11.5 Å². The van der Waals surface area contributed by atoms with E-state index < -0.39 is 12.0 Å². The molecule has 2 aromatic carbocycles. The molecule has 8 heteroatoms. The monoisotopic (exact) mass is 506 g/mol. The summed E-state index contributed by atoms with van der Waals surface area (Å²) in [7, 11) is 1.59. The van der Waals surface area contributed by atoms with Gasteiger partial charge in [0, 0.05) is 0 Å². The van der Waals surface area contributed by atoms with Crippen molar-refractivity contribution < 1.29 is 19.0 Å². The second-order valence-electron chi connectivity index (χ2n) is 9.04. The van der Waals surface area contributed by atoms with Crippen molar-refractivity contribution in [2.75, 3.05) is 7.11 Å². The van der Waals surface area contributed by atoms with Crippen molar-refractivity contribution in [3.63, 3.8) is 0 Å². The van der Waals surface area contributed by atoms with Gasteiger partial charge in [0.2, 0.25) is 0 Å². The Bertz CT molecular complexity index is 1460. The first-order valence-corrected chi connectivity index (χ1v) is 12.6. The molecule has 4 rings (SSSR count). The normalized spacial score (nSPS) is 15.7. The molecule has 1 atom stereocenters. The first-order valence-electron chi connectivity index (χ1n) is 11.8. The third-order valence-electron chi connectivity index (χ3n) is 5.57. The van der Waals surface area contributed by atoms with Gasteiger partial charge in [0.25, 0.3) is 5.56 Å². The number of carbonyl (C=O) groups excluding carboxylic acids is 1. The molecule has 1 aliphatic rings. The highest BCUT2D eigenvalue weighted by Crippen LogP contribution is 2.31. The molecule has 0 amide bonds. The third kappa shape index (κ3) is 5.28. The zero-order valence-corrected chi connectivity index (χ0v) is 22.1. The number of esters is 1. The van der Waals surface area contributed by atoms with E-state index in [1.807, 2.05) is 68.5 Å². The maximum atomic E-state index is 13.7. The number of benzene rings is 2. The molecule has 0 bridgehead atoms. The minimum absolute atomic E-state index is 0.0808. The van der Waals surface area contributed by atoms with E-state index in [2.05, 4.69) is 4.99 Å². The maximum Gasteiger partial charge on any atom is 0.338 e. The molecular weight excluding hydrogens is 476 g/mol. The van der Waals surface area contributed by atoms with Crippen molar-refractivity contribution in [2.45, 2.75) is 52.9 Å². The molecule has 7 nitrogen and oxygen atoms in total. The lowest BCUT2D eigenvalue weighted by atomic mass is 9.96. The number of ether oxygens (including phenoxy) is 3. The van der Waals surface area contributed by atoms with Crippen molar-refractivity contribution in [3.05, 3.63) is 90.6 Å². The average molecular weight is 507 g/mol. The van der Waals surface area contributed by atoms with Gasteiger partial charge in [-0.15, -0.1) is 0 Å². The van der Waals surface area contributed by atoms with Crippen molar-refractivity contribution in [3.8, 4) is 11.5 Å². The summed E-state index contributed by atoms with van der Waals surface area (Å²) in [5.41, 5.74) is 2.30. The minimum Gasteiger partial charge on any atom is -0.497 e. The molecule has 0 unspecified atom stereocenters. The van der Waals surface area contributed by atoms with Crippen LogP contribution >= 0.6 is 11.3 Å². The maximum absolute atomic E-state index is 13.7. The lowest BCUT2D eigenvalue weighted by molar-refractivity contribution is -0.143. The first kappa shape index (κ1) is 25.4. The molecule has 0 aliphatic carbocycles. The number of hydrogen-bond donors (Lipinski definition) is 0. The summed E-state index contributed by atoms with van der Waals surface area (Å²) in [6, 6.07) is 14.3. The smallest absolute Gasteiger partial charge is 0.338 e. The van der Waals surface area contributed by atoms with E-state index in [9.17, 15) is 9.59 Å². The van der Waals surface area contributed by atoms with Crippen LogP contribution in [0.15, 0.2) is 69.6 Å². The van der Waals surface area contributed by atoms with Crippen molar-refractivity contribution in [1.82, 2.24) is 4.57 Å². The van der Waals surface area contributed by atoms with Gasteiger partial charge >= 0.3 is 5.97 Å². The Balaban J connectivity index is 1.85. The Morgan fingerprint density at radius 2 is 1.64 bits per heavy atom. The predicted octanol–water partition coefficient (Wildman–Crippen LogP) is 3.98. The average Bonchev–Trinajstić information content (AvgIpc) is 3.13. The fourth-order valence-corrected chi connectivity index (χ4v) is 5.07. The van der Waals surface area contributed by atoms with Crippen LogP contribution in [0.3, 0.4) is 0 Å². The second kappa shape index (κ2) is 10.5. The zero-order chi connectivity index (χ0) is 26.0. The number of fused-ring (bicyclic) bond motifs is 1. The van der Waals surface area contributed by atoms with E-state index in [-0.39, 0.29) is 17.8 Å².